The summed E-state index contributed by atoms with van der Waals surface area (Å²) in [5.41, 5.74) is 5.31. The van der Waals surface area contributed by atoms with E-state index < -0.39 is 0 Å². The third kappa shape index (κ3) is 0.894. The Morgan fingerprint density at radius 1 is 1.88 bits per heavy atom. The number of rotatable bonds is 1. The summed E-state index contributed by atoms with van der Waals surface area (Å²) >= 11 is 1.50. The van der Waals surface area contributed by atoms with Crippen molar-refractivity contribution in [1.29, 1.82) is 0 Å². The van der Waals surface area contributed by atoms with Gasteiger partial charge in [-0.15, -0.1) is 11.3 Å². The van der Waals surface area contributed by atoms with Gasteiger partial charge < -0.3 is 11.1 Å². The van der Waals surface area contributed by atoms with Crippen molar-refractivity contribution >= 4 is 22.3 Å². The summed E-state index contributed by atoms with van der Waals surface area (Å²) in [4.78, 5) is 3.91. The summed E-state index contributed by atoms with van der Waals surface area (Å²) in [6.45, 7) is 0. The number of thiazole rings is 1. The van der Waals surface area contributed by atoms with E-state index in [0.717, 1.165) is 5.13 Å². The fourth-order valence-electron chi connectivity index (χ4n) is 0.401. The zero-order valence-electron chi connectivity index (χ0n) is 4.51. The van der Waals surface area contributed by atoms with Crippen LogP contribution in [0.1, 0.15) is 0 Å². The second-order valence-electron chi connectivity index (χ2n) is 1.33. The van der Waals surface area contributed by atoms with Gasteiger partial charge in [-0.2, -0.15) is 0 Å². The van der Waals surface area contributed by atoms with Crippen molar-refractivity contribution in [2.75, 3.05) is 18.1 Å². The third-order valence-electron chi connectivity index (χ3n) is 0.736. The zero-order chi connectivity index (χ0) is 5.98. The molecule has 0 unspecified atom stereocenters. The molecule has 0 bridgehead atoms. The smallest absolute Gasteiger partial charge is 0.184 e. The van der Waals surface area contributed by atoms with Crippen molar-refractivity contribution in [3.63, 3.8) is 0 Å². The maximum absolute atomic E-state index is 5.31. The highest BCUT2D eigenvalue weighted by Gasteiger charge is 1.91. The van der Waals surface area contributed by atoms with E-state index in [1.807, 2.05) is 7.05 Å². The lowest BCUT2D eigenvalue weighted by atomic mass is 10.8. The molecule has 1 aromatic rings. The van der Waals surface area contributed by atoms with E-state index >= 15 is 0 Å². The Labute approximate surface area is 51.5 Å². The molecular formula is C4H7N3S. The fourth-order valence-corrected chi connectivity index (χ4v) is 0.962. The van der Waals surface area contributed by atoms with Crippen molar-refractivity contribution in [3.8, 4) is 0 Å². The Morgan fingerprint density at radius 3 is 2.88 bits per heavy atom. The fraction of sp³-hybridized carbons (Fsp3) is 0.250. The summed E-state index contributed by atoms with van der Waals surface area (Å²) in [6, 6.07) is 0. The number of nitrogen functional groups attached to an aromatic ring is 1. The Balaban J connectivity index is 2.84. The SMILES string of the molecule is CNc1nc(N)cs1. The Morgan fingerprint density at radius 2 is 2.62 bits per heavy atom. The van der Waals surface area contributed by atoms with Crippen LogP contribution in [0.15, 0.2) is 5.38 Å². The van der Waals surface area contributed by atoms with Crippen LogP contribution < -0.4 is 11.1 Å². The van der Waals surface area contributed by atoms with Gasteiger partial charge in [-0.25, -0.2) is 4.98 Å². The number of hydrogen-bond acceptors (Lipinski definition) is 4. The van der Waals surface area contributed by atoms with Crippen LogP contribution in [0.2, 0.25) is 0 Å². The first-order valence-electron chi connectivity index (χ1n) is 2.21. The minimum Gasteiger partial charge on any atom is -0.383 e. The number of anilines is 2. The van der Waals surface area contributed by atoms with E-state index in [4.69, 9.17) is 5.73 Å². The maximum atomic E-state index is 5.31. The second-order valence-corrected chi connectivity index (χ2v) is 2.19. The van der Waals surface area contributed by atoms with Crippen LogP contribution in [0, 0.1) is 0 Å². The third-order valence-corrected chi connectivity index (χ3v) is 1.61. The number of aromatic nitrogens is 1. The van der Waals surface area contributed by atoms with E-state index in [-0.39, 0.29) is 0 Å². The molecule has 0 aromatic carbocycles. The van der Waals surface area contributed by atoms with Gasteiger partial charge in [-0.05, 0) is 0 Å². The minimum absolute atomic E-state index is 0.583. The molecule has 0 fully saturated rings. The topological polar surface area (TPSA) is 50.9 Å². The summed E-state index contributed by atoms with van der Waals surface area (Å²) in [5, 5.41) is 5.54. The normalized spacial score (nSPS) is 9.12. The summed E-state index contributed by atoms with van der Waals surface area (Å²) in [5.74, 6) is 0.583. The Bertz CT molecular complexity index is 172. The first-order chi connectivity index (χ1) is 3.83. The van der Waals surface area contributed by atoms with E-state index in [2.05, 4.69) is 10.3 Å². The monoisotopic (exact) mass is 129 g/mol. The molecule has 0 aliphatic heterocycles. The summed E-state index contributed by atoms with van der Waals surface area (Å²) in [6.07, 6.45) is 0. The van der Waals surface area contributed by atoms with E-state index in [0.29, 0.717) is 5.82 Å². The highest BCUT2D eigenvalue weighted by Crippen LogP contribution is 2.14. The summed E-state index contributed by atoms with van der Waals surface area (Å²) < 4.78 is 0. The van der Waals surface area contributed by atoms with Crippen LogP contribution >= 0.6 is 11.3 Å². The lowest BCUT2D eigenvalue weighted by Gasteiger charge is -1.85. The van der Waals surface area contributed by atoms with Crippen LogP contribution in [0.25, 0.3) is 0 Å². The van der Waals surface area contributed by atoms with Crippen molar-refractivity contribution in [2.24, 2.45) is 0 Å². The van der Waals surface area contributed by atoms with Gasteiger partial charge in [0.2, 0.25) is 0 Å². The highest BCUT2D eigenvalue weighted by atomic mass is 32.1. The Hall–Kier alpha value is -0.770. The van der Waals surface area contributed by atoms with Crippen molar-refractivity contribution in [2.45, 2.75) is 0 Å². The summed E-state index contributed by atoms with van der Waals surface area (Å²) in [7, 11) is 1.82. The predicted molar refractivity (Wildman–Crippen MR) is 36.1 cm³/mol. The molecule has 3 nitrogen and oxygen atoms in total. The first kappa shape index (κ1) is 5.37. The van der Waals surface area contributed by atoms with Gasteiger partial charge in [0.25, 0.3) is 0 Å². The van der Waals surface area contributed by atoms with Crippen LogP contribution in [-0.2, 0) is 0 Å². The molecular weight excluding hydrogens is 122 g/mol. The van der Waals surface area contributed by atoms with Gasteiger partial charge in [0, 0.05) is 12.4 Å². The van der Waals surface area contributed by atoms with Gasteiger partial charge in [-0.3, -0.25) is 0 Å². The number of nitrogens with zero attached hydrogens (tertiary/aromatic N) is 1. The highest BCUT2D eigenvalue weighted by molar-refractivity contribution is 7.14. The van der Waals surface area contributed by atoms with Gasteiger partial charge in [0.1, 0.15) is 5.82 Å². The molecule has 1 rings (SSSR count). The molecule has 1 heterocycles. The molecule has 0 aliphatic rings. The molecule has 1 aromatic heterocycles. The maximum Gasteiger partial charge on any atom is 0.184 e. The zero-order valence-corrected chi connectivity index (χ0v) is 5.33. The van der Waals surface area contributed by atoms with E-state index in [1.54, 1.807) is 5.38 Å². The van der Waals surface area contributed by atoms with Crippen LogP contribution in [0.4, 0.5) is 10.9 Å². The number of hydrogen-bond donors (Lipinski definition) is 2. The average Bonchev–Trinajstić information content (AvgIpc) is 2.14. The number of nitrogens with two attached hydrogens (primary N) is 1. The molecule has 0 amide bonds. The predicted octanol–water partition coefficient (Wildman–Crippen LogP) is 0.767. The molecule has 0 atom stereocenters. The molecule has 0 radical (unpaired) electrons. The number of nitrogens with one attached hydrogen (secondary N) is 1. The molecule has 4 heteroatoms. The molecule has 3 N–H and O–H groups in total. The van der Waals surface area contributed by atoms with Crippen LogP contribution in [0.5, 0.6) is 0 Å². The molecule has 0 saturated heterocycles. The molecule has 0 saturated carbocycles. The van der Waals surface area contributed by atoms with E-state index in [9.17, 15) is 0 Å². The standard InChI is InChI=1S/C4H7N3S/c1-6-4-7-3(5)2-8-4/h2H,5H2,1H3,(H,6,7). The quantitative estimate of drug-likeness (QED) is 0.588. The molecule has 0 aliphatic carbocycles. The lowest BCUT2D eigenvalue weighted by Crippen LogP contribution is -1.87. The lowest BCUT2D eigenvalue weighted by molar-refractivity contribution is 1.37. The van der Waals surface area contributed by atoms with Gasteiger partial charge in [0.05, 0.1) is 0 Å². The Kier molecular flexibility index (Phi) is 1.34. The minimum atomic E-state index is 0.583. The van der Waals surface area contributed by atoms with Gasteiger partial charge in [0.15, 0.2) is 5.13 Å². The molecule has 0 spiro atoms. The van der Waals surface area contributed by atoms with Crippen molar-refractivity contribution < 1.29 is 0 Å². The van der Waals surface area contributed by atoms with Crippen molar-refractivity contribution in [1.82, 2.24) is 4.98 Å². The molecule has 44 valence electrons. The largest absolute Gasteiger partial charge is 0.383 e. The molecule has 8 heavy (non-hydrogen) atoms. The average molecular weight is 129 g/mol. The van der Waals surface area contributed by atoms with Crippen LogP contribution in [-0.4, -0.2) is 12.0 Å². The van der Waals surface area contributed by atoms with Crippen LogP contribution in [0.3, 0.4) is 0 Å². The van der Waals surface area contributed by atoms with E-state index in [1.165, 1.54) is 11.3 Å². The van der Waals surface area contributed by atoms with Gasteiger partial charge in [-0.1, -0.05) is 0 Å². The van der Waals surface area contributed by atoms with Gasteiger partial charge >= 0.3 is 0 Å². The second kappa shape index (κ2) is 2.00. The van der Waals surface area contributed by atoms with Crippen molar-refractivity contribution in [3.05, 3.63) is 5.38 Å². The first-order valence-corrected chi connectivity index (χ1v) is 3.09.